The molecule has 1 aromatic carbocycles. The van der Waals surface area contributed by atoms with Crippen LogP contribution < -0.4 is 10.6 Å². The first-order valence-electron chi connectivity index (χ1n) is 10.9. The fourth-order valence-corrected chi connectivity index (χ4v) is 4.58. The summed E-state index contributed by atoms with van der Waals surface area (Å²) in [6, 6.07) is 14.8. The normalized spacial score (nSPS) is 19.7. The largest absolute Gasteiger partial charge is 0.467 e. The molecule has 32 heavy (non-hydrogen) atoms. The van der Waals surface area contributed by atoms with Gasteiger partial charge in [-0.2, -0.15) is 0 Å². The van der Waals surface area contributed by atoms with Crippen molar-refractivity contribution in [2.24, 2.45) is 0 Å². The number of pyridine rings is 1. The van der Waals surface area contributed by atoms with Gasteiger partial charge in [0.2, 0.25) is 5.78 Å². The third-order valence-corrected chi connectivity index (χ3v) is 6.28. The van der Waals surface area contributed by atoms with Crippen molar-refractivity contribution in [2.45, 2.75) is 43.8 Å². The maximum absolute atomic E-state index is 13.0. The quantitative estimate of drug-likeness (QED) is 0.336. The Morgan fingerprint density at radius 3 is 2.53 bits per heavy atom. The Hall–Kier alpha value is -3.09. The number of carbonyl (C=O) groups is 1. The fraction of sp³-hybridized carbons (Fsp3) is 0.280. The van der Waals surface area contributed by atoms with Gasteiger partial charge in [-0.25, -0.2) is 0 Å². The van der Waals surface area contributed by atoms with Gasteiger partial charge < -0.3 is 14.2 Å². The van der Waals surface area contributed by atoms with Gasteiger partial charge in [0, 0.05) is 34.4 Å². The number of carbonyl (C=O) groups excluding carboxylic acids is 1. The zero-order chi connectivity index (χ0) is 21.9. The molecule has 1 saturated carbocycles. The zero-order valence-corrected chi connectivity index (χ0v) is 18.2. The molecule has 1 aliphatic carbocycles. The number of nitrogens with one attached hydrogen (secondary N) is 2. The summed E-state index contributed by atoms with van der Waals surface area (Å²) in [5.74, 6) is 0.819. The Morgan fingerprint density at radius 1 is 1.00 bits per heavy atom. The molecule has 0 bridgehead atoms. The van der Waals surface area contributed by atoms with Crippen molar-refractivity contribution in [3.63, 3.8) is 0 Å². The third kappa shape index (κ3) is 4.42. The predicted molar refractivity (Wildman–Crippen MR) is 124 cm³/mol. The van der Waals surface area contributed by atoms with E-state index in [4.69, 9.17) is 20.4 Å². The molecular formula is C25H24ClN3O3. The minimum atomic E-state index is -0.556. The molecule has 164 valence electrons. The Bertz CT molecular complexity index is 1180. The number of nitrogens with zero attached hydrogens (tertiary/aromatic N) is 1. The van der Waals surface area contributed by atoms with E-state index in [0.29, 0.717) is 22.6 Å². The molecule has 3 aromatic heterocycles. The van der Waals surface area contributed by atoms with E-state index in [9.17, 15) is 4.79 Å². The number of fused-ring (bicyclic) bond motifs is 1. The second-order valence-electron chi connectivity index (χ2n) is 8.17. The topological polar surface area (TPSA) is 80.3 Å². The average Bonchev–Trinajstić information content (AvgIpc) is 3.53. The summed E-state index contributed by atoms with van der Waals surface area (Å²) in [5, 5.41) is 8.94. The van der Waals surface area contributed by atoms with E-state index in [2.05, 4.69) is 15.6 Å². The Balaban J connectivity index is 1.24. The number of Topliss-reactive ketones (excluding diaryl/α,β-unsaturated/α-hetero) is 1. The zero-order valence-electron chi connectivity index (χ0n) is 17.5. The molecule has 2 N–H and O–H groups in total. The summed E-state index contributed by atoms with van der Waals surface area (Å²) in [4.78, 5) is 17.4. The summed E-state index contributed by atoms with van der Waals surface area (Å²) in [5.41, 5.74) is 1.96. The smallest absolute Gasteiger partial charge is 0.222 e. The van der Waals surface area contributed by atoms with E-state index in [1.54, 1.807) is 24.5 Å². The lowest BCUT2D eigenvalue weighted by atomic mass is 9.89. The van der Waals surface area contributed by atoms with Crippen molar-refractivity contribution < 1.29 is 13.6 Å². The van der Waals surface area contributed by atoms with Gasteiger partial charge in [-0.05, 0) is 74.2 Å². The minimum Gasteiger partial charge on any atom is -0.467 e. The average molecular weight is 450 g/mol. The predicted octanol–water partition coefficient (Wildman–Crippen LogP) is 6.01. The van der Waals surface area contributed by atoms with Gasteiger partial charge in [0.1, 0.15) is 11.8 Å². The molecule has 0 amide bonds. The van der Waals surface area contributed by atoms with Crippen LogP contribution in [-0.2, 0) is 0 Å². The Kier molecular flexibility index (Phi) is 5.97. The van der Waals surface area contributed by atoms with Crippen LogP contribution >= 0.6 is 11.6 Å². The molecule has 1 atom stereocenters. The molecule has 1 fully saturated rings. The lowest BCUT2D eigenvalue weighted by molar-refractivity contribution is 0.0889. The first-order valence-corrected chi connectivity index (χ1v) is 11.2. The second-order valence-corrected chi connectivity index (χ2v) is 8.61. The number of benzene rings is 1. The van der Waals surface area contributed by atoms with Gasteiger partial charge >= 0.3 is 0 Å². The minimum absolute atomic E-state index is 0.118. The van der Waals surface area contributed by atoms with E-state index in [0.717, 1.165) is 42.3 Å². The van der Waals surface area contributed by atoms with Crippen LogP contribution in [0.25, 0.3) is 10.9 Å². The van der Waals surface area contributed by atoms with Crippen molar-refractivity contribution in [1.29, 1.82) is 0 Å². The van der Waals surface area contributed by atoms with Crippen LogP contribution in [-0.4, -0.2) is 22.9 Å². The summed E-state index contributed by atoms with van der Waals surface area (Å²) >= 11 is 6.11. The number of halogens is 1. The van der Waals surface area contributed by atoms with Crippen LogP contribution in [0.5, 0.6) is 0 Å². The van der Waals surface area contributed by atoms with Crippen molar-refractivity contribution in [3.05, 3.63) is 83.8 Å². The molecule has 5 rings (SSSR count). The molecule has 1 unspecified atom stereocenters. The van der Waals surface area contributed by atoms with Crippen molar-refractivity contribution >= 4 is 34.0 Å². The van der Waals surface area contributed by atoms with Crippen LogP contribution in [0.1, 0.15) is 48.0 Å². The number of anilines is 1. The van der Waals surface area contributed by atoms with E-state index >= 15 is 0 Å². The standard InChI is InChI=1S/C25H24ClN3O3/c26-16-5-10-19-20(11-12-27-21(19)15-16)28-17-6-8-18(9-7-17)29-24(22-3-1-13-31-22)25(30)23-4-2-14-32-23/h1-5,10-15,17-18,24,29H,6-9H2,(H,27,28)/t17-,18+,24?. The molecule has 0 aliphatic heterocycles. The van der Waals surface area contributed by atoms with Crippen molar-refractivity contribution in [1.82, 2.24) is 10.3 Å². The van der Waals surface area contributed by atoms with E-state index in [1.807, 2.05) is 36.5 Å². The van der Waals surface area contributed by atoms with E-state index in [-0.39, 0.29) is 11.8 Å². The number of hydrogen-bond donors (Lipinski definition) is 2. The Labute approximate surface area is 191 Å². The number of hydrogen-bond acceptors (Lipinski definition) is 6. The van der Waals surface area contributed by atoms with Crippen LogP contribution in [0.2, 0.25) is 5.02 Å². The highest BCUT2D eigenvalue weighted by atomic mass is 35.5. The molecular weight excluding hydrogens is 426 g/mol. The number of rotatable bonds is 7. The van der Waals surface area contributed by atoms with E-state index < -0.39 is 6.04 Å². The maximum atomic E-state index is 13.0. The molecule has 7 heteroatoms. The third-order valence-electron chi connectivity index (χ3n) is 6.05. The number of furan rings is 2. The highest BCUT2D eigenvalue weighted by Gasteiger charge is 2.31. The summed E-state index contributed by atoms with van der Waals surface area (Å²) < 4.78 is 10.9. The van der Waals surface area contributed by atoms with Gasteiger partial charge in [0.05, 0.1) is 18.0 Å². The molecule has 4 aromatic rings. The summed E-state index contributed by atoms with van der Waals surface area (Å²) in [7, 11) is 0. The summed E-state index contributed by atoms with van der Waals surface area (Å²) in [6.07, 6.45) is 8.81. The fourth-order valence-electron chi connectivity index (χ4n) is 4.41. The maximum Gasteiger partial charge on any atom is 0.222 e. The summed E-state index contributed by atoms with van der Waals surface area (Å²) in [6.45, 7) is 0. The van der Waals surface area contributed by atoms with Gasteiger partial charge in [-0.15, -0.1) is 0 Å². The van der Waals surface area contributed by atoms with Crippen LogP contribution in [0.3, 0.4) is 0 Å². The molecule has 0 radical (unpaired) electrons. The molecule has 6 nitrogen and oxygen atoms in total. The first kappa shape index (κ1) is 20.8. The van der Waals surface area contributed by atoms with Crippen LogP contribution in [0, 0.1) is 0 Å². The van der Waals surface area contributed by atoms with Crippen LogP contribution in [0.15, 0.2) is 76.1 Å². The lowest BCUT2D eigenvalue weighted by Gasteiger charge is -2.32. The first-order chi connectivity index (χ1) is 15.7. The molecule has 0 saturated heterocycles. The van der Waals surface area contributed by atoms with Gasteiger partial charge in [-0.1, -0.05) is 11.6 Å². The second kappa shape index (κ2) is 9.18. The number of ketones is 1. The van der Waals surface area contributed by atoms with Crippen molar-refractivity contribution in [3.8, 4) is 0 Å². The van der Waals surface area contributed by atoms with Gasteiger partial charge in [0.15, 0.2) is 5.76 Å². The SMILES string of the molecule is O=C(c1ccco1)C(N[C@H]1CC[C@@H](Nc2ccnc3cc(Cl)ccc23)CC1)c1ccco1. The van der Waals surface area contributed by atoms with Gasteiger partial charge in [0.25, 0.3) is 0 Å². The van der Waals surface area contributed by atoms with E-state index in [1.165, 1.54) is 6.26 Å². The molecule has 1 aliphatic rings. The molecule has 0 spiro atoms. The highest BCUT2D eigenvalue weighted by molar-refractivity contribution is 6.31. The highest BCUT2D eigenvalue weighted by Crippen LogP contribution is 2.29. The lowest BCUT2D eigenvalue weighted by Crippen LogP contribution is -2.41. The van der Waals surface area contributed by atoms with Crippen molar-refractivity contribution in [2.75, 3.05) is 5.32 Å². The van der Waals surface area contributed by atoms with Gasteiger partial charge in [-0.3, -0.25) is 15.1 Å². The van der Waals surface area contributed by atoms with Crippen LogP contribution in [0.4, 0.5) is 5.69 Å². The monoisotopic (exact) mass is 449 g/mol. The molecule has 3 heterocycles. The number of aromatic nitrogens is 1. The Morgan fingerprint density at radius 2 is 1.78 bits per heavy atom.